The van der Waals surface area contributed by atoms with Crippen molar-refractivity contribution in [1.29, 1.82) is 0 Å². The van der Waals surface area contributed by atoms with Crippen LogP contribution in [0.4, 0.5) is 0 Å². The number of nitrogens with one attached hydrogen (secondary N) is 1. The topological polar surface area (TPSA) is 38.3 Å². The number of methoxy groups -OCH3 is 1. The number of carbonyl (C=O) groups is 1. The van der Waals surface area contributed by atoms with E-state index in [1.54, 1.807) is 0 Å². The van der Waals surface area contributed by atoms with Crippen LogP contribution in [-0.4, -0.2) is 36.2 Å². The summed E-state index contributed by atoms with van der Waals surface area (Å²) in [5.41, 5.74) is -0.140. The third kappa shape index (κ3) is 3.56. The maximum atomic E-state index is 11.0. The fourth-order valence-electron chi connectivity index (χ4n) is 1.36. The quantitative estimate of drug-likeness (QED) is 0.693. The molecule has 13 heavy (non-hydrogen) atoms. The van der Waals surface area contributed by atoms with Gasteiger partial charge in [0.1, 0.15) is 0 Å². The maximum Gasteiger partial charge on any atom is 0.307 e. The Balaban J connectivity index is 2.30. The summed E-state index contributed by atoms with van der Waals surface area (Å²) in [6.07, 6.45) is 0.435. The van der Waals surface area contributed by atoms with Crippen molar-refractivity contribution in [3.8, 4) is 0 Å². The Labute approximate surface area is 83.6 Å². The standard InChI is InChI=1S/C9H17NO2S/c1-9(2,4-8(11)12-3)10-7-5-13-6-7/h7,10H,4-6H2,1-3H3. The van der Waals surface area contributed by atoms with Crippen molar-refractivity contribution < 1.29 is 9.53 Å². The minimum absolute atomic E-state index is 0.140. The Morgan fingerprint density at radius 2 is 2.23 bits per heavy atom. The van der Waals surface area contributed by atoms with Crippen molar-refractivity contribution >= 4 is 17.7 Å². The molecule has 0 aliphatic carbocycles. The molecule has 0 amide bonds. The van der Waals surface area contributed by atoms with Crippen LogP contribution in [0.3, 0.4) is 0 Å². The van der Waals surface area contributed by atoms with E-state index in [-0.39, 0.29) is 11.5 Å². The van der Waals surface area contributed by atoms with E-state index in [1.807, 2.05) is 25.6 Å². The molecule has 0 aromatic carbocycles. The molecule has 0 unspecified atom stereocenters. The van der Waals surface area contributed by atoms with E-state index in [0.29, 0.717) is 12.5 Å². The second kappa shape index (κ2) is 4.33. The van der Waals surface area contributed by atoms with E-state index >= 15 is 0 Å². The summed E-state index contributed by atoms with van der Waals surface area (Å²) < 4.78 is 4.64. The average Bonchev–Trinajstić information content (AvgIpc) is 1.96. The van der Waals surface area contributed by atoms with Crippen LogP contribution in [0.1, 0.15) is 20.3 Å². The lowest BCUT2D eigenvalue weighted by Crippen LogP contribution is -2.52. The van der Waals surface area contributed by atoms with Gasteiger partial charge in [-0.15, -0.1) is 0 Å². The molecule has 1 rings (SSSR count). The Hall–Kier alpha value is -0.220. The van der Waals surface area contributed by atoms with Crippen LogP contribution in [0.5, 0.6) is 0 Å². The zero-order valence-electron chi connectivity index (χ0n) is 8.42. The maximum absolute atomic E-state index is 11.0. The predicted octanol–water partition coefficient (Wildman–Crippen LogP) is 1.03. The SMILES string of the molecule is COC(=O)CC(C)(C)NC1CSC1. The monoisotopic (exact) mass is 203 g/mol. The molecule has 0 radical (unpaired) electrons. The molecule has 4 heteroatoms. The molecule has 0 bridgehead atoms. The first-order chi connectivity index (χ1) is 6.03. The fourth-order valence-corrected chi connectivity index (χ4v) is 1.99. The molecule has 0 spiro atoms. The van der Waals surface area contributed by atoms with Gasteiger partial charge in [-0.3, -0.25) is 4.79 Å². The van der Waals surface area contributed by atoms with Gasteiger partial charge >= 0.3 is 5.97 Å². The normalized spacial score (nSPS) is 18.1. The number of ether oxygens (including phenoxy) is 1. The highest BCUT2D eigenvalue weighted by Crippen LogP contribution is 2.21. The van der Waals surface area contributed by atoms with Crippen LogP contribution >= 0.6 is 11.8 Å². The van der Waals surface area contributed by atoms with Crippen LogP contribution in [0.2, 0.25) is 0 Å². The van der Waals surface area contributed by atoms with E-state index < -0.39 is 0 Å². The molecule has 3 nitrogen and oxygen atoms in total. The van der Waals surface area contributed by atoms with E-state index in [0.717, 1.165) is 11.5 Å². The minimum Gasteiger partial charge on any atom is -0.469 e. The van der Waals surface area contributed by atoms with Gasteiger partial charge in [0.15, 0.2) is 0 Å². The molecule has 0 aromatic heterocycles. The van der Waals surface area contributed by atoms with Gasteiger partial charge < -0.3 is 10.1 Å². The lowest BCUT2D eigenvalue weighted by atomic mass is 10.00. The van der Waals surface area contributed by atoms with Crippen molar-refractivity contribution in [2.75, 3.05) is 18.6 Å². The summed E-state index contributed by atoms with van der Waals surface area (Å²) >= 11 is 1.93. The molecule has 1 fully saturated rings. The molecule has 1 aliphatic rings. The molecule has 0 atom stereocenters. The van der Waals surface area contributed by atoms with Gasteiger partial charge in [-0.25, -0.2) is 0 Å². The van der Waals surface area contributed by atoms with E-state index in [1.165, 1.54) is 7.11 Å². The summed E-state index contributed by atoms with van der Waals surface area (Å²) in [5.74, 6) is 2.17. The third-order valence-electron chi connectivity index (χ3n) is 2.05. The number of hydrogen-bond donors (Lipinski definition) is 1. The van der Waals surface area contributed by atoms with Gasteiger partial charge in [0.05, 0.1) is 13.5 Å². The van der Waals surface area contributed by atoms with E-state index in [9.17, 15) is 4.79 Å². The zero-order valence-corrected chi connectivity index (χ0v) is 9.24. The van der Waals surface area contributed by atoms with E-state index in [4.69, 9.17) is 0 Å². The van der Waals surface area contributed by atoms with Crippen molar-refractivity contribution in [3.05, 3.63) is 0 Å². The average molecular weight is 203 g/mol. The first-order valence-corrected chi connectivity index (χ1v) is 5.61. The van der Waals surface area contributed by atoms with E-state index in [2.05, 4.69) is 10.1 Å². The van der Waals surface area contributed by atoms with Gasteiger partial charge in [-0.2, -0.15) is 11.8 Å². The lowest BCUT2D eigenvalue weighted by molar-refractivity contribution is -0.142. The molecular weight excluding hydrogens is 186 g/mol. The first kappa shape index (κ1) is 10.9. The number of hydrogen-bond acceptors (Lipinski definition) is 4. The Bertz CT molecular complexity index is 190. The number of thioether (sulfide) groups is 1. The number of carbonyl (C=O) groups excluding carboxylic acids is 1. The van der Waals surface area contributed by atoms with Crippen LogP contribution in [-0.2, 0) is 9.53 Å². The second-order valence-electron chi connectivity index (χ2n) is 4.02. The molecule has 0 saturated carbocycles. The summed E-state index contributed by atoms with van der Waals surface area (Å²) in [6.45, 7) is 4.07. The lowest BCUT2D eigenvalue weighted by Gasteiger charge is -2.35. The minimum atomic E-state index is -0.149. The molecule has 1 N–H and O–H groups in total. The largest absolute Gasteiger partial charge is 0.469 e. The zero-order chi connectivity index (χ0) is 9.90. The highest BCUT2D eigenvalue weighted by Gasteiger charge is 2.28. The summed E-state index contributed by atoms with van der Waals surface area (Å²) in [7, 11) is 1.43. The Morgan fingerprint density at radius 3 is 2.62 bits per heavy atom. The smallest absolute Gasteiger partial charge is 0.307 e. The second-order valence-corrected chi connectivity index (χ2v) is 5.09. The molecular formula is C9H17NO2S. The number of rotatable bonds is 4. The highest BCUT2D eigenvalue weighted by molar-refractivity contribution is 8.00. The van der Waals surface area contributed by atoms with Gasteiger partial charge in [0.2, 0.25) is 0 Å². The molecule has 1 aliphatic heterocycles. The van der Waals surface area contributed by atoms with Gasteiger partial charge in [-0.1, -0.05) is 0 Å². The Kier molecular flexibility index (Phi) is 3.62. The van der Waals surface area contributed by atoms with Crippen LogP contribution in [0, 0.1) is 0 Å². The van der Waals surface area contributed by atoms with Crippen molar-refractivity contribution in [1.82, 2.24) is 5.32 Å². The van der Waals surface area contributed by atoms with Crippen molar-refractivity contribution in [2.24, 2.45) is 0 Å². The van der Waals surface area contributed by atoms with Gasteiger partial charge in [0.25, 0.3) is 0 Å². The summed E-state index contributed by atoms with van der Waals surface area (Å²) in [5, 5.41) is 3.44. The van der Waals surface area contributed by atoms with Crippen molar-refractivity contribution in [3.63, 3.8) is 0 Å². The van der Waals surface area contributed by atoms with Crippen molar-refractivity contribution in [2.45, 2.75) is 31.8 Å². The molecule has 0 aromatic rings. The highest BCUT2D eigenvalue weighted by atomic mass is 32.2. The van der Waals surface area contributed by atoms with Crippen LogP contribution in [0.15, 0.2) is 0 Å². The summed E-state index contributed by atoms with van der Waals surface area (Å²) in [6, 6.07) is 0.574. The molecule has 76 valence electrons. The first-order valence-electron chi connectivity index (χ1n) is 4.46. The van der Waals surface area contributed by atoms with Crippen LogP contribution in [0.25, 0.3) is 0 Å². The Morgan fingerprint density at radius 1 is 1.62 bits per heavy atom. The van der Waals surface area contributed by atoms with Gasteiger partial charge in [-0.05, 0) is 13.8 Å². The molecule has 1 saturated heterocycles. The van der Waals surface area contributed by atoms with Gasteiger partial charge in [0, 0.05) is 23.1 Å². The van der Waals surface area contributed by atoms with Crippen LogP contribution < -0.4 is 5.32 Å². The summed E-state index contributed by atoms with van der Waals surface area (Å²) in [4.78, 5) is 11.0. The fraction of sp³-hybridized carbons (Fsp3) is 0.889. The number of esters is 1. The molecule has 1 heterocycles. The third-order valence-corrected chi connectivity index (χ3v) is 3.32. The predicted molar refractivity (Wildman–Crippen MR) is 55.0 cm³/mol.